The Hall–Kier alpha value is -0.520. The summed E-state index contributed by atoms with van der Waals surface area (Å²) in [5.41, 5.74) is 4.45. The molecule has 0 heterocycles. The number of hydrogen-bond donors (Lipinski definition) is 0. The molecule has 4 aliphatic carbocycles. The molecule has 0 N–H and O–H groups in total. The van der Waals surface area contributed by atoms with Crippen molar-refractivity contribution in [3.63, 3.8) is 0 Å². The first kappa shape index (κ1) is 17.3. The van der Waals surface area contributed by atoms with Crippen molar-refractivity contribution < 1.29 is 0 Å². The molecule has 0 heteroatoms. The van der Waals surface area contributed by atoms with Gasteiger partial charge in [-0.1, -0.05) is 52.3 Å². The van der Waals surface area contributed by atoms with E-state index in [-0.39, 0.29) is 0 Å². The van der Waals surface area contributed by atoms with Crippen LogP contribution < -0.4 is 0 Å². The fraction of sp³-hybridized carbons (Fsp3) is 0.826. The molecule has 0 radical (unpaired) electrons. The molecular weight excluding hydrogens is 276 g/mol. The summed E-state index contributed by atoms with van der Waals surface area (Å²) >= 11 is 0. The molecule has 130 valence electrons. The van der Waals surface area contributed by atoms with Crippen LogP contribution in [0.4, 0.5) is 0 Å². The van der Waals surface area contributed by atoms with Crippen molar-refractivity contribution in [2.45, 2.75) is 86.5 Å². The van der Waals surface area contributed by atoms with Gasteiger partial charge in [-0.3, -0.25) is 0 Å². The molecule has 0 nitrogen and oxygen atoms in total. The summed E-state index contributed by atoms with van der Waals surface area (Å²) in [5, 5.41) is 0. The van der Waals surface area contributed by atoms with Crippen molar-refractivity contribution in [2.75, 3.05) is 0 Å². The first-order valence-corrected chi connectivity index (χ1v) is 10.3. The molecular formula is C23H38. The molecule has 0 saturated heterocycles. The SMILES string of the molecule is CC.CC1=CC2=CCC3C(CC[C@@]4(C)C3CC[C@@H]4C)[C@@]2(C)CC1. The van der Waals surface area contributed by atoms with Crippen molar-refractivity contribution in [2.24, 2.45) is 34.5 Å². The minimum atomic E-state index is 0.496. The largest absolute Gasteiger partial charge is 0.0805 e. The van der Waals surface area contributed by atoms with Crippen LogP contribution in [0.25, 0.3) is 0 Å². The summed E-state index contributed by atoms with van der Waals surface area (Å²) in [6.45, 7) is 14.1. The van der Waals surface area contributed by atoms with E-state index in [2.05, 4.69) is 39.8 Å². The zero-order chi connectivity index (χ0) is 16.8. The standard InChI is InChI=1S/C21H32.C2H6/c1-14-9-11-21(4)16(13-14)6-7-17-18-8-5-15(2)20(18,3)12-10-19(17)21;1-2/h6,13,15,17-19H,5,7-12H2,1-4H3;1-2H3/t15-,17?,18?,19?,20+,21-;/m0./s1. The summed E-state index contributed by atoms with van der Waals surface area (Å²) in [6, 6.07) is 0. The lowest BCUT2D eigenvalue weighted by molar-refractivity contribution is -0.0329. The van der Waals surface area contributed by atoms with Gasteiger partial charge in [0.15, 0.2) is 0 Å². The van der Waals surface area contributed by atoms with Gasteiger partial charge >= 0.3 is 0 Å². The topological polar surface area (TPSA) is 0 Å². The zero-order valence-corrected chi connectivity index (χ0v) is 16.4. The van der Waals surface area contributed by atoms with Crippen LogP contribution in [0.1, 0.15) is 86.5 Å². The third kappa shape index (κ3) is 2.47. The Kier molecular flexibility index (Phi) is 4.58. The maximum absolute atomic E-state index is 2.64. The summed E-state index contributed by atoms with van der Waals surface area (Å²) in [7, 11) is 0. The molecule has 6 atom stereocenters. The molecule has 23 heavy (non-hydrogen) atoms. The van der Waals surface area contributed by atoms with Gasteiger partial charge in [-0.25, -0.2) is 0 Å². The second-order valence-electron chi connectivity index (χ2n) is 9.20. The third-order valence-corrected chi connectivity index (χ3v) is 8.44. The van der Waals surface area contributed by atoms with E-state index < -0.39 is 0 Å². The molecule has 0 aliphatic heterocycles. The molecule has 0 spiro atoms. The summed E-state index contributed by atoms with van der Waals surface area (Å²) in [6.07, 6.45) is 15.2. The first-order chi connectivity index (χ1) is 10.9. The second-order valence-corrected chi connectivity index (χ2v) is 9.20. The Morgan fingerprint density at radius 2 is 1.74 bits per heavy atom. The highest BCUT2D eigenvalue weighted by molar-refractivity contribution is 5.36. The summed E-state index contributed by atoms with van der Waals surface area (Å²) < 4.78 is 0. The zero-order valence-electron chi connectivity index (χ0n) is 16.4. The van der Waals surface area contributed by atoms with E-state index in [4.69, 9.17) is 0 Å². The predicted octanol–water partition coefficient (Wildman–Crippen LogP) is 7.17. The van der Waals surface area contributed by atoms with Crippen LogP contribution in [-0.2, 0) is 0 Å². The van der Waals surface area contributed by atoms with Crippen LogP contribution in [0.15, 0.2) is 23.3 Å². The molecule has 3 unspecified atom stereocenters. The molecule has 4 aliphatic rings. The van der Waals surface area contributed by atoms with Gasteiger partial charge in [0.1, 0.15) is 0 Å². The van der Waals surface area contributed by atoms with Gasteiger partial charge in [0.05, 0.1) is 0 Å². The number of hydrogen-bond acceptors (Lipinski definition) is 0. The monoisotopic (exact) mass is 314 g/mol. The van der Waals surface area contributed by atoms with Gasteiger partial charge in [-0.05, 0) is 91.9 Å². The van der Waals surface area contributed by atoms with Crippen molar-refractivity contribution in [1.82, 2.24) is 0 Å². The Balaban J connectivity index is 0.000000753. The second kappa shape index (κ2) is 6.08. The van der Waals surface area contributed by atoms with Crippen LogP contribution >= 0.6 is 0 Å². The van der Waals surface area contributed by atoms with Gasteiger partial charge in [-0.2, -0.15) is 0 Å². The molecule has 0 aromatic carbocycles. The van der Waals surface area contributed by atoms with Gasteiger partial charge in [0.2, 0.25) is 0 Å². The minimum absolute atomic E-state index is 0.496. The quantitative estimate of drug-likeness (QED) is 0.444. The van der Waals surface area contributed by atoms with Crippen molar-refractivity contribution in [1.29, 1.82) is 0 Å². The van der Waals surface area contributed by atoms with E-state index in [1.165, 1.54) is 44.9 Å². The van der Waals surface area contributed by atoms with Crippen molar-refractivity contribution in [3.05, 3.63) is 23.3 Å². The lowest BCUT2D eigenvalue weighted by Gasteiger charge is -2.57. The summed E-state index contributed by atoms with van der Waals surface area (Å²) in [4.78, 5) is 0. The average molecular weight is 315 g/mol. The maximum atomic E-state index is 2.64. The Labute approximate surface area is 144 Å². The lowest BCUT2D eigenvalue weighted by atomic mass is 9.48. The van der Waals surface area contributed by atoms with Crippen LogP contribution in [0.5, 0.6) is 0 Å². The highest BCUT2D eigenvalue weighted by Crippen LogP contribution is 2.65. The van der Waals surface area contributed by atoms with Crippen LogP contribution in [0, 0.1) is 34.5 Å². The Bertz CT molecular complexity index is 510. The highest BCUT2D eigenvalue weighted by Gasteiger charge is 2.56. The van der Waals surface area contributed by atoms with Gasteiger partial charge in [0.25, 0.3) is 0 Å². The fourth-order valence-corrected chi connectivity index (χ4v) is 6.73. The van der Waals surface area contributed by atoms with Crippen molar-refractivity contribution in [3.8, 4) is 0 Å². The molecule has 2 saturated carbocycles. The lowest BCUT2D eigenvalue weighted by Crippen LogP contribution is -2.48. The van der Waals surface area contributed by atoms with E-state index in [0.29, 0.717) is 10.8 Å². The van der Waals surface area contributed by atoms with Crippen LogP contribution in [-0.4, -0.2) is 0 Å². The molecule has 4 rings (SSSR count). The van der Waals surface area contributed by atoms with E-state index >= 15 is 0 Å². The highest BCUT2D eigenvalue weighted by atomic mass is 14.6. The van der Waals surface area contributed by atoms with E-state index in [9.17, 15) is 0 Å². The number of allylic oxidation sites excluding steroid dienone is 4. The molecule has 0 aromatic heterocycles. The van der Waals surface area contributed by atoms with Crippen LogP contribution in [0.3, 0.4) is 0 Å². The third-order valence-electron chi connectivity index (χ3n) is 8.44. The van der Waals surface area contributed by atoms with Crippen molar-refractivity contribution >= 4 is 0 Å². The normalized spacial score (nSPS) is 48.1. The molecule has 0 bridgehead atoms. The van der Waals surface area contributed by atoms with Gasteiger partial charge in [0, 0.05) is 0 Å². The Morgan fingerprint density at radius 1 is 1.00 bits per heavy atom. The average Bonchev–Trinajstić information content (AvgIpc) is 2.86. The fourth-order valence-electron chi connectivity index (χ4n) is 6.73. The van der Waals surface area contributed by atoms with E-state index in [0.717, 1.165) is 23.7 Å². The predicted molar refractivity (Wildman–Crippen MR) is 101 cm³/mol. The van der Waals surface area contributed by atoms with Gasteiger partial charge in [-0.15, -0.1) is 0 Å². The smallest absolute Gasteiger partial charge is 0.00443 e. The minimum Gasteiger partial charge on any atom is -0.0805 e. The van der Waals surface area contributed by atoms with E-state index in [1.807, 2.05) is 13.8 Å². The number of fused-ring (bicyclic) bond motifs is 5. The Morgan fingerprint density at radius 3 is 2.48 bits per heavy atom. The van der Waals surface area contributed by atoms with E-state index in [1.54, 1.807) is 11.1 Å². The molecule has 0 amide bonds. The van der Waals surface area contributed by atoms with Crippen LogP contribution in [0.2, 0.25) is 0 Å². The molecule has 2 fully saturated rings. The molecule has 0 aromatic rings. The first-order valence-electron chi connectivity index (χ1n) is 10.3. The summed E-state index contributed by atoms with van der Waals surface area (Å²) in [5.74, 6) is 3.91. The maximum Gasteiger partial charge on any atom is -0.00443 e. The van der Waals surface area contributed by atoms with Gasteiger partial charge < -0.3 is 0 Å². The number of rotatable bonds is 0.